The number of rotatable bonds is 8. The van der Waals surface area contributed by atoms with Gasteiger partial charge >= 0.3 is 0 Å². The number of aliphatic hydroxyl groups is 1. The second-order valence-corrected chi connectivity index (χ2v) is 6.47. The normalized spacial score (nSPS) is 12.1. The zero-order valence-electron chi connectivity index (χ0n) is 13.6. The molecule has 2 aromatic heterocycles. The second kappa shape index (κ2) is 9.65. The average molecular weight is 381 g/mol. The summed E-state index contributed by atoms with van der Waals surface area (Å²) in [5.41, 5.74) is 6.68. The maximum atomic E-state index is 10.5. The van der Waals surface area contributed by atoms with Gasteiger partial charge in [-0.2, -0.15) is 4.98 Å². The fourth-order valence-corrected chi connectivity index (χ4v) is 3.18. The molecule has 0 aliphatic carbocycles. The van der Waals surface area contributed by atoms with E-state index in [9.17, 15) is 5.11 Å². The summed E-state index contributed by atoms with van der Waals surface area (Å²) < 4.78 is 5.07. The molecule has 25 heavy (non-hydrogen) atoms. The summed E-state index contributed by atoms with van der Waals surface area (Å²) in [4.78, 5) is 7.31. The van der Waals surface area contributed by atoms with E-state index in [1.165, 1.54) is 5.56 Å². The predicted molar refractivity (Wildman–Crippen MR) is 99.3 cm³/mol. The molecule has 0 aliphatic rings. The largest absolute Gasteiger partial charge is 0.386 e. The van der Waals surface area contributed by atoms with Crippen molar-refractivity contribution in [2.75, 3.05) is 6.54 Å². The Balaban J connectivity index is 0.00000225. The highest BCUT2D eigenvalue weighted by atomic mass is 35.5. The van der Waals surface area contributed by atoms with Crippen molar-refractivity contribution in [2.24, 2.45) is 5.73 Å². The maximum absolute atomic E-state index is 10.5. The Morgan fingerprint density at radius 1 is 1.16 bits per heavy atom. The Bertz CT molecular complexity index is 736. The van der Waals surface area contributed by atoms with E-state index in [4.69, 9.17) is 10.3 Å². The summed E-state index contributed by atoms with van der Waals surface area (Å²) in [6, 6.07) is 14.0. The lowest BCUT2D eigenvalue weighted by Crippen LogP contribution is -2.28. The lowest BCUT2D eigenvalue weighted by Gasteiger charge is -2.23. The van der Waals surface area contributed by atoms with Crippen LogP contribution in [0.3, 0.4) is 0 Å². The van der Waals surface area contributed by atoms with Crippen LogP contribution in [0.1, 0.15) is 28.3 Å². The first kappa shape index (κ1) is 19.6. The fraction of sp³-hybridized carbons (Fsp3) is 0.294. The first-order valence-corrected chi connectivity index (χ1v) is 8.62. The van der Waals surface area contributed by atoms with Crippen molar-refractivity contribution in [1.82, 2.24) is 15.0 Å². The van der Waals surface area contributed by atoms with E-state index in [1.807, 2.05) is 35.7 Å². The molecule has 0 spiro atoms. The molecule has 1 aromatic carbocycles. The van der Waals surface area contributed by atoms with Gasteiger partial charge in [-0.15, -0.1) is 23.7 Å². The number of aromatic nitrogens is 2. The van der Waals surface area contributed by atoms with Crippen LogP contribution in [0.25, 0.3) is 0 Å². The first-order valence-electron chi connectivity index (χ1n) is 7.74. The molecule has 1 atom stereocenters. The van der Waals surface area contributed by atoms with E-state index in [0.717, 1.165) is 4.88 Å². The number of hydrogen-bond acceptors (Lipinski definition) is 7. The van der Waals surface area contributed by atoms with E-state index < -0.39 is 6.10 Å². The molecule has 2 heterocycles. The molecule has 0 fully saturated rings. The van der Waals surface area contributed by atoms with Gasteiger partial charge in [0.1, 0.15) is 6.10 Å². The molecule has 0 bridgehead atoms. The predicted octanol–water partition coefficient (Wildman–Crippen LogP) is 2.75. The standard InChI is InChI=1S/C17H20N4O2S.ClH/c18-9-17-19-16(20-23-17)12-21(10-13-5-2-1-3-6-13)11-14(22)15-7-4-8-24-15;/h1-8,14,22H,9-12,18H2;1H. The summed E-state index contributed by atoms with van der Waals surface area (Å²) in [5, 5.41) is 16.4. The van der Waals surface area contributed by atoms with Crippen LogP contribution in [0, 0.1) is 0 Å². The minimum Gasteiger partial charge on any atom is -0.386 e. The summed E-state index contributed by atoms with van der Waals surface area (Å²) in [6.07, 6.45) is -0.547. The molecule has 0 saturated carbocycles. The Morgan fingerprint density at radius 2 is 1.96 bits per heavy atom. The van der Waals surface area contributed by atoms with Crippen LogP contribution >= 0.6 is 23.7 Å². The smallest absolute Gasteiger partial charge is 0.240 e. The van der Waals surface area contributed by atoms with Gasteiger partial charge in [-0.1, -0.05) is 41.6 Å². The van der Waals surface area contributed by atoms with Crippen molar-refractivity contribution in [3.63, 3.8) is 0 Å². The lowest BCUT2D eigenvalue weighted by molar-refractivity contribution is 0.105. The molecule has 3 aromatic rings. The molecule has 134 valence electrons. The van der Waals surface area contributed by atoms with Gasteiger partial charge in [0, 0.05) is 18.0 Å². The zero-order valence-corrected chi connectivity index (χ0v) is 15.2. The van der Waals surface area contributed by atoms with Crippen LogP contribution in [-0.4, -0.2) is 26.7 Å². The minimum absolute atomic E-state index is 0. The van der Waals surface area contributed by atoms with Crippen molar-refractivity contribution in [2.45, 2.75) is 25.7 Å². The molecule has 3 rings (SSSR count). The third-order valence-electron chi connectivity index (χ3n) is 3.60. The summed E-state index contributed by atoms with van der Waals surface area (Å²) >= 11 is 1.55. The molecule has 0 amide bonds. The summed E-state index contributed by atoms with van der Waals surface area (Å²) in [6.45, 7) is 1.89. The van der Waals surface area contributed by atoms with Crippen molar-refractivity contribution in [1.29, 1.82) is 0 Å². The molecule has 3 N–H and O–H groups in total. The van der Waals surface area contributed by atoms with Crippen LogP contribution in [0.2, 0.25) is 0 Å². The Hall–Kier alpha value is -1.77. The van der Waals surface area contributed by atoms with Crippen molar-refractivity contribution >= 4 is 23.7 Å². The highest BCUT2D eigenvalue weighted by molar-refractivity contribution is 7.10. The van der Waals surface area contributed by atoms with Crippen molar-refractivity contribution < 1.29 is 9.63 Å². The van der Waals surface area contributed by atoms with E-state index in [-0.39, 0.29) is 19.0 Å². The number of halogens is 1. The van der Waals surface area contributed by atoms with Gasteiger partial charge in [0.25, 0.3) is 0 Å². The average Bonchev–Trinajstić information content (AvgIpc) is 3.27. The molecule has 6 nitrogen and oxygen atoms in total. The molecule has 0 radical (unpaired) electrons. The molecule has 1 unspecified atom stereocenters. The quantitative estimate of drug-likeness (QED) is 0.624. The van der Waals surface area contributed by atoms with Gasteiger partial charge in [0.05, 0.1) is 13.1 Å². The molecule has 0 saturated heterocycles. The Kier molecular flexibility index (Phi) is 7.54. The summed E-state index contributed by atoms with van der Waals surface area (Å²) in [7, 11) is 0. The number of nitrogens with two attached hydrogens (primary N) is 1. The van der Waals surface area contributed by atoms with Gasteiger partial charge < -0.3 is 15.4 Å². The SMILES string of the molecule is Cl.NCc1nc(CN(Cc2ccccc2)CC(O)c2cccs2)no1. The zero-order chi connectivity index (χ0) is 16.8. The number of hydrogen-bond donors (Lipinski definition) is 2. The van der Waals surface area contributed by atoms with E-state index >= 15 is 0 Å². The molecule has 0 aliphatic heterocycles. The molecular formula is C17H21ClN4O2S. The highest BCUT2D eigenvalue weighted by Crippen LogP contribution is 2.21. The number of aliphatic hydroxyl groups excluding tert-OH is 1. The van der Waals surface area contributed by atoms with Crippen LogP contribution in [0.4, 0.5) is 0 Å². The molecule has 8 heteroatoms. The number of thiophene rings is 1. The first-order chi connectivity index (χ1) is 11.7. The van der Waals surface area contributed by atoms with Gasteiger partial charge in [0.15, 0.2) is 5.82 Å². The topological polar surface area (TPSA) is 88.4 Å². The number of nitrogens with zero attached hydrogens (tertiary/aromatic N) is 3. The fourth-order valence-electron chi connectivity index (χ4n) is 2.48. The van der Waals surface area contributed by atoms with E-state index in [2.05, 4.69) is 27.2 Å². The highest BCUT2D eigenvalue weighted by Gasteiger charge is 2.17. The van der Waals surface area contributed by atoms with Gasteiger partial charge in [-0.25, -0.2) is 0 Å². The third-order valence-corrected chi connectivity index (χ3v) is 4.58. The van der Waals surface area contributed by atoms with E-state index in [1.54, 1.807) is 11.3 Å². The van der Waals surface area contributed by atoms with Gasteiger partial charge in [-0.05, 0) is 17.0 Å². The second-order valence-electron chi connectivity index (χ2n) is 5.49. The van der Waals surface area contributed by atoms with Crippen LogP contribution < -0.4 is 5.73 Å². The van der Waals surface area contributed by atoms with Crippen LogP contribution in [0.5, 0.6) is 0 Å². The van der Waals surface area contributed by atoms with Crippen molar-refractivity contribution in [3.8, 4) is 0 Å². The van der Waals surface area contributed by atoms with Crippen molar-refractivity contribution in [3.05, 3.63) is 70.0 Å². The van der Waals surface area contributed by atoms with Crippen LogP contribution in [0.15, 0.2) is 52.4 Å². The minimum atomic E-state index is -0.547. The van der Waals surface area contributed by atoms with Crippen LogP contribution in [-0.2, 0) is 19.6 Å². The lowest BCUT2D eigenvalue weighted by atomic mass is 10.2. The third kappa shape index (κ3) is 5.62. The molecular weight excluding hydrogens is 360 g/mol. The van der Waals surface area contributed by atoms with E-state index in [0.29, 0.717) is 31.3 Å². The number of benzene rings is 1. The van der Waals surface area contributed by atoms with Gasteiger partial charge in [0.2, 0.25) is 5.89 Å². The Labute approximate surface area is 156 Å². The maximum Gasteiger partial charge on any atom is 0.240 e. The summed E-state index contributed by atoms with van der Waals surface area (Å²) in [5.74, 6) is 0.994. The van der Waals surface area contributed by atoms with Gasteiger partial charge in [-0.3, -0.25) is 4.90 Å². The Morgan fingerprint density at radius 3 is 2.60 bits per heavy atom. The monoisotopic (exact) mass is 380 g/mol.